The van der Waals surface area contributed by atoms with Crippen molar-refractivity contribution < 1.29 is 0 Å². The van der Waals surface area contributed by atoms with E-state index < -0.39 is 0 Å². The van der Waals surface area contributed by atoms with Gasteiger partial charge < -0.3 is 5.32 Å². The van der Waals surface area contributed by atoms with Crippen LogP contribution in [0.25, 0.3) is 0 Å². The van der Waals surface area contributed by atoms with Crippen molar-refractivity contribution >= 4 is 0 Å². The van der Waals surface area contributed by atoms with Gasteiger partial charge in [-0.2, -0.15) is 0 Å². The van der Waals surface area contributed by atoms with Gasteiger partial charge in [-0.3, -0.25) is 4.90 Å². The molecule has 0 aromatic rings. The van der Waals surface area contributed by atoms with Crippen LogP contribution in [0.1, 0.15) is 66.7 Å². The first-order valence-corrected chi connectivity index (χ1v) is 9.03. The Labute approximate surface area is 126 Å². The molecule has 3 unspecified atom stereocenters. The highest BCUT2D eigenvalue weighted by atomic mass is 15.3. The fourth-order valence-corrected chi connectivity index (χ4v) is 3.97. The molecule has 0 amide bonds. The van der Waals surface area contributed by atoms with Gasteiger partial charge in [0, 0.05) is 31.2 Å². The zero-order valence-corrected chi connectivity index (χ0v) is 14.4. The van der Waals surface area contributed by atoms with Crippen molar-refractivity contribution in [2.24, 2.45) is 17.8 Å². The molecule has 3 atom stereocenters. The zero-order valence-electron chi connectivity index (χ0n) is 14.4. The van der Waals surface area contributed by atoms with Gasteiger partial charge in [0.15, 0.2) is 0 Å². The molecule has 0 bridgehead atoms. The number of piperazine rings is 1. The van der Waals surface area contributed by atoms with Crippen molar-refractivity contribution in [3.05, 3.63) is 0 Å². The summed E-state index contributed by atoms with van der Waals surface area (Å²) in [5.74, 6) is 2.62. The van der Waals surface area contributed by atoms with Crippen molar-refractivity contribution in [1.29, 1.82) is 0 Å². The summed E-state index contributed by atoms with van der Waals surface area (Å²) in [6.45, 7) is 15.7. The minimum atomic E-state index is 0.385. The van der Waals surface area contributed by atoms with Crippen molar-refractivity contribution in [2.75, 3.05) is 19.6 Å². The fraction of sp³-hybridized carbons (Fsp3) is 1.00. The lowest BCUT2D eigenvalue weighted by atomic mass is 9.86. The molecule has 1 aliphatic heterocycles. The maximum absolute atomic E-state index is 3.92. The third kappa shape index (κ3) is 3.57. The van der Waals surface area contributed by atoms with Gasteiger partial charge >= 0.3 is 0 Å². The summed E-state index contributed by atoms with van der Waals surface area (Å²) < 4.78 is 0. The van der Waals surface area contributed by atoms with Crippen LogP contribution >= 0.6 is 0 Å². The van der Waals surface area contributed by atoms with E-state index in [0.29, 0.717) is 5.54 Å². The van der Waals surface area contributed by atoms with Crippen molar-refractivity contribution in [2.45, 2.75) is 78.3 Å². The van der Waals surface area contributed by atoms with Crippen LogP contribution in [0.15, 0.2) is 0 Å². The van der Waals surface area contributed by atoms with Gasteiger partial charge in [0.1, 0.15) is 0 Å². The van der Waals surface area contributed by atoms with E-state index in [0.717, 1.165) is 23.8 Å². The molecule has 2 heteroatoms. The largest absolute Gasteiger partial charge is 0.308 e. The normalized spacial score (nSPS) is 33.6. The summed E-state index contributed by atoms with van der Waals surface area (Å²) >= 11 is 0. The number of nitrogens with one attached hydrogen (secondary N) is 1. The molecule has 118 valence electrons. The summed E-state index contributed by atoms with van der Waals surface area (Å²) in [4.78, 5) is 2.85. The maximum atomic E-state index is 3.92. The highest BCUT2D eigenvalue weighted by molar-refractivity contribution is 5.04. The van der Waals surface area contributed by atoms with E-state index in [9.17, 15) is 0 Å². The summed E-state index contributed by atoms with van der Waals surface area (Å²) in [7, 11) is 0. The van der Waals surface area contributed by atoms with E-state index in [1.54, 1.807) is 0 Å². The van der Waals surface area contributed by atoms with E-state index in [2.05, 4.69) is 44.8 Å². The lowest BCUT2D eigenvalue weighted by molar-refractivity contribution is 0.0344. The topological polar surface area (TPSA) is 15.3 Å². The molecule has 0 aromatic heterocycles. The number of hydrogen-bond acceptors (Lipinski definition) is 2. The molecule has 2 aliphatic rings. The lowest BCUT2D eigenvalue weighted by Gasteiger charge is -2.49. The van der Waals surface area contributed by atoms with E-state index in [1.807, 2.05) is 0 Å². The second-order valence-corrected chi connectivity index (χ2v) is 7.64. The summed E-state index contributed by atoms with van der Waals surface area (Å²) in [6, 6.07) is 0.743. The molecule has 1 N–H and O–H groups in total. The molecule has 0 radical (unpaired) electrons. The molecule has 0 spiro atoms. The minimum Gasteiger partial charge on any atom is -0.308 e. The Morgan fingerprint density at radius 1 is 1.15 bits per heavy atom. The fourth-order valence-electron chi connectivity index (χ4n) is 3.97. The van der Waals surface area contributed by atoms with Crippen LogP contribution in [-0.4, -0.2) is 36.1 Å². The van der Waals surface area contributed by atoms with Gasteiger partial charge in [0.05, 0.1) is 0 Å². The Morgan fingerprint density at radius 2 is 1.80 bits per heavy atom. The molecule has 20 heavy (non-hydrogen) atoms. The highest BCUT2D eigenvalue weighted by Crippen LogP contribution is 2.42. The second kappa shape index (κ2) is 6.79. The molecule has 2 nitrogen and oxygen atoms in total. The predicted octanol–water partition coefficient (Wildman–Crippen LogP) is 3.91. The molecule has 1 heterocycles. The van der Waals surface area contributed by atoms with Gasteiger partial charge in [-0.1, -0.05) is 47.0 Å². The summed E-state index contributed by atoms with van der Waals surface area (Å²) in [6.07, 6.45) is 6.83. The van der Waals surface area contributed by atoms with E-state index >= 15 is 0 Å². The van der Waals surface area contributed by atoms with Gasteiger partial charge in [-0.15, -0.1) is 0 Å². The second-order valence-electron chi connectivity index (χ2n) is 7.64. The first-order valence-electron chi connectivity index (χ1n) is 9.03. The van der Waals surface area contributed by atoms with E-state index in [-0.39, 0.29) is 0 Å². The van der Waals surface area contributed by atoms with Crippen molar-refractivity contribution in [3.8, 4) is 0 Å². The van der Waals surface area contributed by atoms with Crippen LogP contribution in [-0.2, 0) is 0 Å². The standard InChI is InChI=1S/C18H36N2/c1-6-14(4)17-11-19-18(5,16-9-10-16)13-20(17)12-15(7-2)8-3/h14-17,19H,6-13H2,1-5H3. The number of hydrogen-bond donors (Lipinski definition) is 1. The van der Waals surface area contributed by atoms with Crippen molar-refractivity contribution in [3.63, 3.8) is 0 Å². The lowest BCUT2D eigenvalue weighted by Crippen LogP contribution is -2.65. The Bertz CT molecular complexity index is 296. The van der Waals surface area contributed by atoms with Gasteiger partial charge in [-0.05, 0) is 37.5 Å². The quantitative estimate of drug-likeness (QED) is 0.760. The first-order chi connectivity index (χ1) is 9.54. The summed E-state index contributed by atoms with van der Waals surface area (Å²) in [5, 5.41) is 3.92. The van der Waals surface area contributed by atoms with Crippen LogP contribution in [0.4, 0.5) is 0 Å². The highest BCUT2D eigenvalue weighted by Gasteiger charge is 2.46. The Kier molecular flexibility index (Phi) is 5.53. The minimum absolute atomic E-state index is 0.385. The third-order valence-electron chi connectivity index (χ3n) is 6.14. The first kappa shape index (κ1) is 16.3. The van der Waals surface area contributed by atoms with Crippen LogP contribution in [0, 0.1) is 17.8 Å². The average Bonchev–Trinajstić information content (AvgIpc) is 3.29. The molecule has 1 aliphatic carbocycles. The van der Waals surface area contributed by atoms with Crippen molar-refractivity contribution in [1.82, 2.24) is 10.2 Å². The Hall–Kier alpha value is -0.0800. The molecule has 1 saturated carbocycles. The van der Waals surface area contributed by atoms with Gasteiger partial charge in [-0.25, -0.2) is 0 Å². The maximum Gasteiger partial charge on any atom is 0.0309 e. The van der Waals surface area contributed by atoms with Crippen LogP contribution in [0.2, 0.25) is 0 Å². The number of rotatable bonds is 7. The molecule has 2 fully saturated rings. The number of nitrogens with zero attached hydrogens (tertiary/aromatic N) is 1. The molecular weight excluding hydrogens is 244 g/mol. The van der Waals surface area contributed by atoms with Gasteiger partial charge in [0.2, 0.25) is 0 Å². The SMILES string of the molecule is CCC(CC)CN1CC(C)(C2CC2)NCC1C(C)CC. The average molecular weight is 281 g/mol. The molecular formula is C18H36N2. The molecule has 1 saturated heterocycles. The van der Waals surface area contributed by atoms with E-state index in [1.165, 1.54) is 51.7 Å². The Morgan fingerprint density at radius 3 is 2.30 bits per heavy atom. The molecule has 0 aromatic carbocycles. The predicted molar refractivity (Wildman–Crippen MR) is 88.0 cm³/mol. The monoisotopic (exact) mass is 280 g/mol. The third-order valence-corrected chi connectivity index (χ3v) is 6.14. The molecule has 2 rings (SSSR count). The Balaban J connectivity index is 2.05. The smallest absolute Gasteiger partial charge is 0.0309 e. The van der Waals surface area contributed by atoms with E-state index in [4.69, 9.17) is 0 Å². The zero-order chi connectivity index (χ0) is 14.8. The van der Waals surface area contributed by atoms with Crippen LogP contribution in [0.5, 0.6) is 0 Å². The van der Waals surface area contributed by atoms with Crippen LogP contribution < -0.4 is 5.32 Å². The summed E-state index contributed by atoms with van der Waals surface area (Å²) in [5.41, 5.74) is 0.385. The van der Waals surface area contributed by atoms with Gasteiger partial charge in [0.25, 0.3) is 0 Å². The van der Waals surface area contributed by atoms with Crippen LogP contribution in [0.3, 0.4) is 0 Å².